The van der Waals surface area contributed by atoms with E-state index in [2.05, 4.69) is 15.9 Å². The quantitative estimate of drug-likeness (QED) is 0.393. The molecule has 0 amide bonds. The number of fused-ring (bicyclic) bond motifs is 1. The molecule has 4 nitrogen and oxygen atoms in total. The number of rotatable bonds is 4. The van der Waals surface area contributed by atoms with Gasteiger partial charge in [-0.25, -0.2) is 0 Å². The second-order valence-corrected chi connectivity index (χ2v) is 6.55. The average Bonchev–Trinajstić information content (AvgIpc) is 2.44. The fraction of sp³-hybridized carbons (Fsp3) is 0.417. The molecular weight excluding hydrogens is 447 g/mol. The number of carbonyl (C=O) groups excluding carboxylic acids is 1. The summed E-state index contributed by atoms with van der Waals surface area (Å²) >= 11 is 5.47. The van der Waals surface area contributed by atoms with Crippen molar-refractivity contribution in [2.75, 3.05) is 20.3 Å². The number of hydrogen-bond donors (Lipinski definition) is 0. The first kappa shape index (κ1) is 15.6. The number of carbonyl (C=O) groups is 1. The van der Waals surface area contributed by atoms with Crippen LogP contribution in [0.3, 0.4) is 0 Å². The molecule has 0 aliphatic carbocycles. The highest BCUT2D eigenvalue weighted by atomic mass is 127. The van der Waals surface area contributed by atoms with Crippen molar-refractivity contribution in [1.29, 1.82) is 0 Å². The third-order valence-electron chi connectivity index (χ3n) is 3.12. The smallest absolute Gasteiger partial charge is 0.321 e. The molecule has 2 rings (SSSR count). The van der Waals surface area contributed by atoms with E-state index in [1.165, 1.54) is 16.3 Å². The Morgan fingerprint density at radius 2 is 2.42 bits per heavy atom. The molecule has 0 N–H and O–H groups in total. The van der Waals surface area contributed by atoms with Crippen molar-refractivity contribution in [3.8, 4) is 0 Å². The van der Waals surface area contributed by atoms with Crippen molar-refractivity contribution in [1.82, 2.24) is 0 Å². The zero-order valence-corrected chi connectivity index (χ0v) is 14.7. The summed E-state index contributed by atoms with van der Waals surface area (Å²) < 4.78 is 16.8. The number of halogens is 2. The number of hydrogen-bond acceptors (Lipinski definition) is 5. The Morgan fingerprint density at radius 3 is 3.11 bits per heavy atom. The molecule has 1 aromatic carbocycles. The zero-order valence-electron chi connectivity index (χ0n) is 10.2. The van der Waals surface area contributed by atoms with E-state index in [1.807, 2.05) is 39.4 Å². The van der Waals surface area contributed by atoms with Gasteiger partial charge in [0.1, 0.15) is 5.41 Å². The lowest BCUT2D eigenvalue weighted by Crippen LogP contribution is -2.48. The first-order valence-electron chi connectivity index (χ1n) is 5.49. The van der Waals surface area contributed by atoms with E-state index in [9.17, 15) is 4.79 Å². The maximum Gasteiger partial charge on any atom is 0.321 e. The topological polar surface area (TPSA) is 44.8 Å². The second-order valence-electron chi connectivity index (χ2n) is 4.19. The zero-order chi connectivity index (χ0) is 13.9. The van der Waals surface area contributed by atoms with E-state index >= 15 is 0 Å². The monoisotopic (exact) mass is 458 g/mol. The lowest BCUT2D eigenvalue weighted by molar-refractivity contribution is -0.153. The lowest BCUT2D eigenvalue weighted by Gasteiger charge is -2.35. The highest BCUT2D eigenvalue weighted by molar-refractivity contribution is 14.2. The molecule has 1 aliphatic rings. The Bertz CT molecular complexity index is 485. The summed E-state index contributed by atoms with van der Waals surface area (Å²) in [5.41, 5.74) is 0.997. The molecule has 7 heteroatoms. The first-order valence-corrected chi connectivity index (χ1v) is 9.57. The fourth-order valence-electron chi connectivity index (χ4n) is 2.20. The van der Waals surface area contributed by atoms with E-state index < -0.39 is 5.41 Å². The van der Waals surface area contributed by atoms with E-state index in [-0.39, 0.29) is 19.2 Å². The van der Waals surface area contributed by atoms with Crippen LogP contribution in [0.25, 0.3) is 0 Å². The van der Waals surface area contributed by atoms with Crippen LogP contribution in [0.1, 0.15) is 11.1 Å². The first-order chi connectivity index (χ1) is 9.14. The van der Waals surface area contributed by atoms with E-state index in [1.54, 1.807) is 0 Å². The van der Waals surface area contributed by atoms with Gasteiger partial charge in [0, 0.05) is 25.7 Å². The van der Waals surface area contributed by atoms with E-state index in [0.717, 1.165) is 15.6 Å². The molecule has 1 unspecified atom stereocenters. The molecular formula is C12H12BrIO4S. The van der Waals surface area contributed by atoms with Crippen LogP contribution in [0, 0.1) is 0 Å². The highest BCUT2D eigenvalue weighted by Crippen LogP contribution is 2.37. The van der Waals surface area contributed by atoms with Gasteiger partial charge in [-0.05, 0) is 23.3 Å². The Hall–Kier alpha value is 0.170. The largest absolute Gasteiger partial charge is 0.468 e. The molecule has 19 heavy (non-hydrogen) atoms. The van der Waals surface area contributed by atoms with Gasteiger partial charge in [0.05, 0.1) is 36.1 Å². The van der Waals surface area contributed by atoms with Crippen LogP contribution in [0.4, 0.5) is 0 Å². The molecule has 104 valence electrons. The summed E-state index contributed by atoms with van der Waals surface area (Å²) in [5.74, 6) is -0.336. The summed E-state index contributed by atoms with van der Waals surface area (Å²) in [7, 11) is 2.58. The molecule has 0 bridgehead atoms. The van der Waals surface area contributed by atoms with Gasteiger partial charge < -0.3 is 13.7 Å². The Labute approximate surface area is 136 Å². The fourth-order valence-corrected chi connectivity index (χ4v) is 3.19. The highest BCUT2D eigenvalue weighted by Gasteiger charge is 2.46. The molecule has 1 atom stereocenters. The SMILES string of the molecule is COC(=O)C1(COSI)COCc2ccc(Br)cc21. The van der Waals surface area contributed by atoms with Crippen molar-refractivity contribution in [2.24, 2.45) is 0 Å². The van der Waals surface area contributed by atoms with Crippen LogP contribution >= 0.6 is 46.3 Å². The van der Waals surface area contributed by atoms with Crippen LogP contribution in [0.5, 0.6) is 0 Å². The van der Waals surface area contributed by atoms with Gasteiger partial charge in [0.25, 0.3) is 0 Å². The van der Waals surface area contributed by atoms with Crippen LogP contribution in [0.2, 0.25) is 0 Å². The van der Waals surface area contributed by atoms with Crippen LogP contribution in [-0.2, 0) is 30.5 Å². The minimum absolute atomic E-state index is 0.219. The third-order valence-corrected chi connectivity index (χ3v) is 4.58. The molecule has 1 heterocycles. The molecule has 0 saturated heterocycles. The van der Waals surface area contributed by atoms with E-state index in [0.29, 0.717) is 6.61 Å². The Morgan fingerprint density at radius 1 is 1.63 bits per heavy atom. The summed E-state index contributed by atoms with van der Waals surface area (Å²) in [6.45, 7) is 0.982. The van der Waals surface area contributed by atoms with Gasteiger partial charge in [-0.2, -0.15) is 0 Å². The number of benzene rings is 1. The molecule has 1 aliphatic heterocycles. The summed E-state index contributed by atoms with van der Waals surface area (Å²) in [6, 6.07) is 5.83. The normalized spacial score (nSPS) is 21.8. The van der Waals surface area contributed by atoms with Crippen LogP contribution in [0.15, 0.2) is 22.7 Å². The predicted octanol–water partition coefficient (Wildman–Crippen LogP) is 3.40. The predicted molar refractivity (Wildman–Crippen MR) is 85.1 cm³/mol. The van der Waals surface area contributed by atoms with Gasteiger partial charge in [0.15, 0.2) is 0 Å². The standard InChI is InChI=1S/C12H12BrIO4S/c1-16-11(15)12(7-18-19-14)6-17-5-8-2-3-9(13)4-10(8)12/h2-4H,5-7H2,1H3. The molecule has 0 fully saturated rings. The minimum atomic E-state index is -0.899. The maximum absolute atomic E-state index is 12.3. The van der Waals surface area contributed by atoms with Gasteiger partial charge >= 0.3 is 5.97 Å². The molecule has 0 radical (unpaired) electrons. The van der Waals surface area contributed by atoms with Gasteiger partial charge in [-0.15, -0.1) is 0 Å². The molecule has 1 aromatic rings. The Kier molecular flexibility index (Phi) is 5.53. The van der Waals surface area contributed by atoms with Gasteiger partial charge in [-0.1, -0.05) is 22.0 Å². The number of ether oxygens (including phenoxy) is 2. The van der Waals surface area contributed by atoms with Crippen molar-refractivity contribution >= 4 is 52.3 Å². The van der Waals surface area contributed by atoms with Gasteiger partial charge in [-0.3, -0.25) is 4.79 Å². The van der Waals surface area contributed by atoms with Crippen LogP contribution in [-0.4, -0.2) is 26.3 Å². The molecule has 0 aromatic heterocycles. The van der Waals surface area contributed by atoms with Crippen molar-refractivity contribution in [3.63, 3.8) is 0 Å². The Balaban J connectivity index is 2.50. The van der Waals surface area contributed by atoms with Crippen molar-refractivity contribution in [2.45, 2.75) is 12.0 Å². The van der Waals surface area contributed by atoms with Crippen LogP contribution < -0.4 is 0 Å². The lowest BCUT2D eigenvalue weighted by atomic mass is 9.78. The van der Waals surface area contributed by atoms with E-state index in [4.69, 9.17) is 13.7 Å². The number of esters is 1. The summed E-state index contributed by atoms with van der Waals surface area (Å²) in [5, 5.41) is 0. The minimum Gasteiger partial charge on any atom is -0.468 e. The number of methoxy groups -OCH3 is 1. The molecule has 0 saturated carbocycles. The van der Waals surface area contributed by atoms with Gasteiger partial charge in [0.2, 0.25) is 0 Å². The van der Waals surface area contributed by atoms with Crippen molar-refractivity contribution in [3.05, 3.63) is 33.8 Å². The summed E-state index contributed by atoms with van der Waals surface area (Å²) in [4.78, 5) is 12.3. The molecule has 0 spiro atoms. The maximum atomic E-state index is 12.3. The average molecular weight is 459 g/mol. The summed E-state index contributed by atoms with van der Waals surface area (Å²) in [6.07, 6.45) is 0. The van der Waals surface area contributed by atoms with Crippen molar-refractivity contribution < 1.29 is 18.5 Å². The second kappa shape index (κ2) is 6.75. The third kappa shape index (κ3) is 3.10.